The van der Waals surface area contributed by atoms with E-state index < -0.39 is 20.8 Å². The van der Waals surface area contributed by atoms with Gasteiger partial charge in [0.15, 0.2) is 0 Å². The number of benzene rings is 1. The van der Waals surface area contributed by atoms with Gasteiger partial charge >= 0.3 is 20.8 Å². The molecule has 0 aromatic heterocycles. The summed E-state index contributed by atoms with van der Waals surface area (Å²) in [6.45, 7) is 0. The molecular formula is C6H12N2O8S2. The number of hydrogen-bond acceptors (Lipinski definition) is 6. The average molecular weight is 304 g/mol. The molecular weight excluding hydrogens is 292 g/mol. The van der Waals surface area contributed by atoms with Gasteiger partial charge in [-0.05, 0) is 24.3 Å². The number of rotatable bonds is 0. The fourth-order valence-corrected chi connectivity index (χ4v) is 0.496. The van der Waals surface area contributed by atoms with Crippen LogP contribution in [0, 0.1) is 0 Å². The van der Waals surface area contributed by atoms with Gasteiger partial charge in [0.25, 0.3) is 0 Å². The van der Waals surface area contributed by atoms with E-state index in [1.54, 1.807) is 24.3 Å². The highest BCUT2D eigenvalue weighted by molar-refractivity contribution is 7.80. The molecule has 0 amide bonds. The molecule has 0 unspecified atom stereocenters. The molecule has 0 radical (unpaired) electrons. The van der Waals surface area contributed by atoms with E-state index in [0.717, 1.165) is 11.4 Å². The number of anilines is 2. The molecule has 0 fully saturated rings. The summed E-state index contributed by atoms with van der Waals surface area (Å²) >= 11 is 0. The zero-order valence-corrected chi connectivity index (χ0v) is 10.3. The number of nitrogens with two attached hydrogens (primary N) is 2. The molecule has 12 heteroatoms. The summed E-state index contributed by atoms with van der Waals surface area (Å²) in [6, 6.07) is 7.09. The van der Waals surface area contributed by atoms with Crippen molar-refractivity contribution in [2.45, 2.75) is 0 Å². The number of nitrogen functional groups attached to an aromatic ring is 2. The van der Waals surface area contributed by atoms with Gasteiger partial charge in [0.1, 0.15) is 0 Å². The van der Waals surface area contributed by atoms with Gasteiger partial charge in [0, 0.05) is 11.4 Å². The van der Waals surface area contributed by atoms with E-state index in [0.29, 0.717) is 0 Å². The summed E-state index contributed by atoms with van der Waals surface area (Å²) in [5, 5.41) is 0. The van der Waals surface area contributed by atoms with Crippen LogP contribution in [0.15, 0.2) is 24.3 Å². The molecule has 0 saturated carbocycles. The van der Waals surface area contributed by atoms with Crippen molar-refractivity contribution in [2.75, 3.05) is 11.5 Å². The maximum atomic E-state index is 8.74. The summed E-state index contributed by atoms with van der Waals surface area (Å²) in [4.78, 5) is 0. The Morgan fingerprint density at radius 3 is 0.889 bits per heavy atom. The molecule has 10 nitrogen and oxygen atoms in total. The Morgan fingerprint density at radius 2 is 0.778 bits per heavy atom. The van der Waals surface area contributed by atoms with Gasteiger partial charge in [-0.2, -0.15) is 16.8 Å². The first-order valence-corrected chi connectivity index (χ1v) is 6.59. The molecule has 0 aliphatic carbocycles. The molecule has 106 valence electrons. The van der Waals surface area contributed by atoms with Crippen molar-refractivity contribution in [3.8, 4) is 0 Å². The molecule has 0 heterocycles. The van der Waals surface area contributed by atoms with Crippen LogP contribution in [0.4, 0.5) is 11.4 Å². The minimum absolute atomic E-state index is 0.749. The van der Waals surface area contributed by atoms with E-state index in [-0.39, 0.29) is 0 Å². The second-order valence-corrected chi connectivity index (χ2v) is 4.35. The first-order valence-electron chi connectivity index (χ1n) is 3.80. The van der Waals surface area contributed by atoms with Crippen LogP contribution in [0.2, 0.25) is 0 Å². The van der Waals surface area contributed by atoms with Crippen molar-refractivity contribution in [1.29, 1.82) is 0 Å². The molecule has 0 aliphatic rings. The van der Waals surface area contributed by atoms with Gasteiger partial charge in [0.05, 0.1) is 0 Å². The van der Waals surface area contributed by atoms with E-state index in [9.17, 15) is 0 Å². The standard InChI is InChI=1S/C6H8N2.2H2O4S/c7-5-1-2-6(8)4-3-5;2*1-5(2,3)4/h1-4H,7-8H2;2*(H2,1,2,3,4). The summed E-state index contributed by atoms with van der Waals surface area (Å²) in [5.74, 6) is 0. The van der Waals surface area contributed by atoms with E-state index in [1.807, 2.05) is 0 Å². The molecule has 0 bridgehead atoms. The zero-order valence-electron chi connectivity index (χ0n) is 8.70. The smallest absolute Gasteiger partial charge is 0.394 e. The maximum absolute atomic E-state index is 8.74. The maximum Gasteiger partial charge on any atom is 0.394 e. The largest absolute Gasteiger partial charge is 0.399 e. The average Bonchev–Trinajstić information content (AvgIpc) is 2.04. The molecule has 1 aromatic rings. The normalized spacial score (nSPS) is 10.4. The Labute approximate surface area is 103 Å². The van der Waals surface area contributed by atoms with Crippen molar-refractivity contribution < 1.29 is 35.0 Å². The third-order valence-corrected chi connectivity index (χ3v) is 0.936. The minimum atomic E-state index is -4.67. The van der Waals surface area contributed by atoms with Crippen LogP contribution >= 0.6 is 0 Å². The van der Waals surface area contributed by atoms with Crippen LogP contribution < -0.4 is 11.5 Å². The predicted molar refractivity (Wildman–Crippen MR) is 63.6 cm³/mol. The highest BCUT2D eigenvalue weighted by Gasteiger charge is 1.85. The molecule has 18 heavy (non-hydrogen) atoms. The first-order chi connectivity index (χ1) is 7.79. The molecule has 1 rings (SSSR count). The molecule has 8 N–H and O–H groups in total. The van der Waals surface area contributed by atoms with Crippen LogP contribution in [-0.4, -0.2) is 35.0 Å². The lowest BCUT2D eigenvalue weighted by Crippen LogP contribution is -1.89. The zero-order chi connectivity index (χ0) is 15.0. The third-order valence-electron chi connectivity index (χ3n) is 0.936. The highest BCUT2D eigenvalue weighted by atomic mass is 32.3. The van der Waals surface area contributed by atoms with Crippen LogP contribution in [0.1, 0.15) is 0 Å². The van der Waals surface area contributed by atoms with Crippen molar-refractivity contribution >= 4 is 32.2 Å². The second kappa shape index (κ2) is 7.80. The van der Waals surface area contributed by atoms with Gasteiger partial charge < -0.3 is 11.5 Å². The van der Waals surface area contributed by atoms with E-state index in [4.69, 9.17) is 46.5 Å². The van der Waals surface area contributed by atoms with E-state index in [2.05, 4.69) is 0 Å². The molecule has 0 aliphatic heterocycles. The van der Waals surface area contributed by atoms with Crippen molar-refractivity contribution in [3.63, 3.8) is 0 Å². The van der Waals surface area contributed by atoms with Crippen molar-refractivity contribution in [1.82, 2.24) is 0 Å². The fourth-order valence-electron chi connectivity index (χ4n) is 0.496. The molecule has 0 saturated heterocycles. The SMILES string of the molecule is Nc1ccc(N)cc1.O=S(=O)(O)O.O=S(=O)(O)O. The lowest BCUT2D eigenvalue weighted by Gasteiger charge is -1.90. The summed E-state index contributed by atoms with van der Waals surface area (Å²) in [7, 11) is -9.33. The number of hydrogen-bond donors (Lipinski definition) is 6. The summed E-state index contributed by atoms with van der Waals surface area (Å²) in [6.07, 6.45) is 0. The van der Waals surface area contributed by atoms with E-state index in [1.165, 1.54) is 0 Å². The summed E-state index contributed by atoms with van der Waals surface area (Å²) < 4.78 is 63.2. The van der Waals surface area contributed by atoms with Gasteiger partial charge in [-0.25, -0.2) is 0 Å². The Balaban J connectivity index is 0. The van der Waals surface area contributed by atoms with E-state index >= 15 is 0 Å². The van der Waals surface area contributed by atoms with Gasteiger partial charge in [0.2, 0.25) is 0 Å². The van der Waals surface area contributed by atoms with Gasteiger partial charge in [-0.1, -0.05) is 0 Å². The molecule has 0 spiro atoms. The van der Waals surface area contributed by atoms with Crippen molar-refractivity contribution in [2.24, 2.45) is 0 Å². The third kappa shape index (κ3) is 36.5. The van der Waals surface area contributed by atoms with Crippen LogP contribution in [0.5, 0.6) is 0 Å². The lowest BCUT2D eigenvalue weighted by atomic mass is 10.3. The predicted octanol–water partition coefficient (Wildman–Crippen LogP) is -0.455. The minimum Gasteiger partial charge on any atom is -0.399 e. The van der Waals surface area contributed by atoms with Gasteiger partial charge in [-0.3, -0.25) is 18.2 Å². The topological polar surface area (TPSA) is 201 Å². The lowest BCUT2D eigenvalue weighted by molar-refractivity contribution is 0.378. The fraction of sp³-hybridized carbons (Fsp3) is 0. The van der Waals surface area contributed by atoms with Crippen molar-refractivity contribution in [3.05, 3.63) is 24.3 Å². The Hall–Kier alpha value is -1.44. The Morgan fingerprint density at radius 1 is 0.667 bits per heavy atom. The van der Waals surface area contributed by atoms with Crippen LogP contribution in [0.3, 0.4) is 0 Å². The second-order valence-electron chi connectivity index (χ2n) is 2.56. The Bertz CT molecular complexity index is 468. The highest BCUT2D eigenvalue weighted by Crippen LogP contribution is 2.04. The van der Waals surface area contributed by atoms with Crippen LogP contribution in [0.25, 0.3) is 0 Å². The first kappa shape index (κ1) is 18.9. The summed E-state index contributed by atoms with van der Waals surface area (Å²) in [5.41, 5.74) is 12.2. The molecule has 0 atom stereocenters. The quantitative estimate of drug-likeness (QED) is 0.269. The van der Waals surface area contributed by atoms with Crippen LogP contribution in [-0.2, 0) is 20.8 Å². The van der Waals surface area contributed by atoms with Gasteiger partial charge in [-0.15, -0.1) is 0 Å². The molecule has 1 aromatic carbocycles. The monoisotopic (exact) mass is 304 g/mol. The Kier molecular flexibility index (Phi) is 8.20.